The van der Waals surface area contributed by atoms with Crippen molar-refractivity contribution in [1.82, 2.24) is 0 Å². The summed E-state index contributed by atoms with van der Waals surface area (Å²) in [6.07, 6.45) is 0.760. The number of amidine groups is 1. The molecule has 0 spiro atoms. The maximum atomic E-state index is 5.93. The summed E-state index contributed by atoms with van der Waals surface area (Å²) in [5.41, 5.74) is 11.4. The third-order valence-electron chi connectivity index (χ3n) is 3.28. The first-order valence-corrected chi connectivity index (χ1v) is 6.65. The Morgan fingerprint density at radius 3 is 2.06 bits per heavy atom. The van der Waals surface area contributed by atoms with E-state index in [-0.39, 0.29) is 5.41 Å². The zero-order valence-electron chi connectivity index (χ0n) is 12.6. The molecule has 0 fully saturated rings. The second kappa shape index (κ2) is 5.55. The molecule has 2 N–H and O–H groups in total. The molecule has 2 nitrogen and oxygen atoms in total. The van der Waals surface area contributed by atoms with Gasteiger partial charge in [0.25, 0.3) is 0 Å². The minimum atomic E-state index is 0.192. The first kappa shape index (κ1) is 14.7. The van der Waals surface area contributed by atoms with Crippen LogP contribution in [0.15, 0.2) is 17.1 Å². The standard InChI is InChI=1S/C16H26N2/c1-7-18-15(17)10-14-11(2)8-13(9-12(14)3)16(4,5)6/h8-9H,7,10H2,1-6H3,(H2,17,18). The Hall–Kier alpha value is -1.31. The summed E-state index contributed by atoms with van der Waals surface area (Å²) in [7, 11) is 0. The number of aryl methyl sites for hydroxylation is 2. The predicted octanol–water partition coefficient (Wildman–Crippen LogP) is 3.52. The van der Waals surface area contributed by atoms with Crippen molar-refractivity contribution in [3.8, 4) is 0 Å². The van der Waals surface area contributed by atoms with E-state index in [4.69, 9.17) is 5.73 Å². The lowest BCUT2D eigenvalue weighted by atomic mass is 9.83. The largest absolute Gasteiger partial charge is 0.387 e. The van der Waals surface area contributed by atoms with Crippen molar-refractivity contribution in [3.63, 3.8) is 0 Å². The summed E-state index contributed by atoms with van der Waals surface area (Å²) in [5, 5.41) is 0. The van der Waals surface area contributed by atoms with Crippen LogP contribution in [-0.2, 0) is 11.8 Å². The monoisotopic (exact) mass is 246 g/mol. The summed E-state index contributed by atoms with van der Waals surface area (Å²) in [6.45, 7) is 13.8. The first-order valence-electron chi connectivity index (χ1n) is 6.65. The molecule has 18 heavy (non-hydrogen) atoms. The van der Waals surface area contributed by atoms with Crippen molar-refractivity contribution in [3.05, 3.63) is 34.4 Å². The molecule has 0 heterocycles. The SMILES string of the molecule is CCN=C(N)Cc1c(C)cc(C(C)(C)C)cc1C. The van der Waals surface area contributed by atoms with E-state index in [1.807, 2.05) is 6.92 Å². The molecule has 0 radical (unpaired) electrons. The van der Waals surface area contributed by atoms with Gasteiger partial charge >= 0.3 is 0 Å². The quantitative estimate of drug-likeness (QED) is 0.643. The van der Waals surface area contributed by atoms with Gasteiger partial charge in [-0.2, -0.15) is 0 Å². The molecule has 0 aromatic heterocycles. The van der Waals surface area contributed by atoms with E-state index >= 15 is 0 Å². The topological polar surface area (TPSA) is 38.4 Å². The number of nitrogens with two attached hydrogens (primary N) is 1. The first-order chi connectivity index (χ1) is 8.25. The van der Waals surface area contributed by atoms with Crippen LogP contribution in [0, 0.1) is 13.8 Å². The Morgan fingerprint density at radius 2 is 1.67 bits per heavy atom. The summed E-state index contributed by atoms with van der Waals surface area (Å²) in [5.74, 6) is 0.729. The Bertz CT molecular complexity index is 428. The normalized spacial score (nSPS) is 12.9. The van der Waals surface area contributed by atoms with Crippen LogP contribution < -0.4 is 5.73 Å². The molecule has 1 aromatic carbocycles. The molecule has 0 atom stereocenters. The molecule has 0 bridgehead atoms. The van der Waals surface area contributed by atoms with Crippen molar-refractivity contribution >= 4 is 5.84 Å². The maximum absolute atomic E-state index is 5.93. The van der Waals surface area contributed by atoms with Gasteiger partial charge in [-0.05, 0) is 48.4 Å². The number of hydrogen-bond acceptors (Lipinski definition) is 1. The highest BCUT2D eigenvalue weighted by molar-refractivity contribution is 5.83. The van der Waals surface area contributed by atoms with Gasteiger partial charge in [0.1, 0.15) is 0 Å². The van der Waals surface area contributed by atoms with E-state index in [0.717, 1.165) is 18.8 Å². The molecule has 0 aliphatic rings. The average Bonchev–Trinajstić information content (AvgIpc) is 2.22. The van der Waals surface area contributed by atoms with Crippen molar-refractivity contribution in [1.29, 1.82) is 0 Å². The van der Waals surface area contributed by atoms with Crippen molar-refractivity contribution < 1.29 is 0 Å². The van der Waals surface area contributed by atoms with E-state index in [0.29, 0.717) is 0 Å². The van der Waals surface area contributed by atoms with Crippen LogP contribution in [0.1, 0.15) is 49.9 Å². The van der Waals surface area contributed by atoms with Gasteiger partial charge < -0.3 is 5.73 Å². The fraction of sp³-hybridized carbons (Fsp3) is 0.562. The Balaban J connectivity index is 3.13. The molecule has 1 aromatic rings. The lowest BCUT2D eigenvalue weighted by molar-refractivity contribution is 0.589. The lowest BCUT2D eigenvalue weighted by Gasteiger charge is -2.22. The van der Waals surface area contributed by atoms with Crippen LogP contribution in [-0.4, -0.2) is 12.4 Å². The smallest absolute Gasteiger partial charge is 0.0981 e. The molecule has 0 saturated carbocycles. The molecular formula is C16H26N2. The lowest BCUT2D eigenvalue weighted by Crippen LogP contribution is -2.18. The van der Waals surface area contributed by atoms with Crippen molar-refractivity contribution in [2.75, 3.05) is 6.54 Å². The zero-order valence-corrected chi connectivity index (χ0v) is 12.6. The highest BCUT2D eigenvalue weighted by Gasteiger charge is 2.16. The summed E-state index contributed by atoms with van der Waals surface area (Å²) in [4.78, 5) is 4.27. The fourth-order valence-corrected chi connectivity index (χ4v) is 2.15. The summed E-state index contributed by atoms with van der Waals surface area (Å²) < 4.78 is 0. The Labute approximate surface area is 111 Å². The van der Waals surface area contributed by atoms with Gasteiger partial charge in [-0.15, -0.1) is 0 Å². The minimum Gasteiger partial charge on any atom is -0.387 e. The molecule has 2 heteroatoms. The van der Waals surface area contributed by atoms with Crippen LogP contribution in [0.4, 0.5) is 0 Å². The maximum Gasteiger partial charge on any atom is 0.0981 e. The number of aliphatic imine (C=N–C) groups is 1. The van der Waals surface area contributed by atoms with E-state index in [9.17, 15) is 0 Å². The Morgan fingerprint density at radius 1 is 1.17 bits per heavy atom. The highest BCUT2D eigenvalue weighted by Crippen LogP contribution is 2.27. The van der Waals surface area contributed by atoms with Crippen molar-refractivity contribution in [2.45, 2.75) is 53.4 Å². The second-order valence-electron chi connectivity index (χ2n) is 5.98. The van der Waals surface area contributed by atoms with Gasteiger partial charge in [0, 0.05) is 13.0 Å². The van der Waals surface area contributed by atoms with E-state index in [1.165, 1.54) is 22.3 Å². The minimum absolute atomic E-state index is 0.192. The van der Waals surface area contributed by atoms with Crippen LogP contribution in [0.3, 0.4) is 0 Å². The molecule has 0 aliphatic carbocycles. The number of rotatable bonds is 3. The van der Waals surface area contributed by atoms with Gasteiger partial charge in [0.05, 0.1) is 5.84 Å². The van der Waals surface area contributed by atoms with E-state index in [2.05, 4.69) is 51.7 Å². The Kier molecular flexibility index (Phi) is 4.55. The van der Waals surface area contributed by atoms with Crippen LogP contribution in [0.2, 0.25) is 0 Å². The fourth-order valence-electron chi connectivity index (χ4n) is 2.15. The van der Waals surface area contributed by atoms with Crippen LogP contribution in [0.5, 0.6) is 0 Å². The van der Waals surface area contributed by atoms with E-state index < -0.39 is 0 Å². The molecule has 100 valence electrons. The number of hydrogen-bond donors (Lipinski definition) is 1. The molecule has 0 amide bonds. The second-order valence-corrected chi connectivity index (χ2v) is 5.98. The summed E-state index contributed by atoms with van der Waals surface area (Å²) >= 11 is 0. The van der Waals surface area contributed by atoms with Gasteiger partial charge in [-0.1, -0.05) is 32.9 Å². The van der Waals surface area contributed by atoms with Gasteiger partial charge in [-0.25, -0.2) is 0 Å². The van der Waals surface area contributed by atoms with Crippen molar-refractivity contribution in [2.24, 2.45) is 10.7 Å². The van der Waals surface area contributed by atoms with Gasteiger partial charge in [-0.3, -0.25) is 4.99 Å². The highest BCUT2D eigenvalue weighted by atomic mass is 14.8. The third-order valence-corrected chi connectivity index (χ3v) is 3.28. The van der Waals surface area contributed by atoms with E-state index in [1.54, 1.807) is 0 Å². The molecule has 0 unspecified atom stereocenters. The summed E-state index contributed by atoms with van der Waals surface area (Å²) in [6, 6.07) is 4.56. The number of nitrogens with zero attached hydrogens (tertiary/aromatic N) is 1. The zero-order chi connectivity index (χ0) is 13.9. The molecule has 1 rings (SSSR count). The number of benzene rings is 1. The molecular weight excluding hydrogens is 220 g/mol. The molecule has 0 saturated heterocycles. The van der Waals surface area contributed by atoms with Gasteiger partial charge in [0.2, 0.25) is 0 Å². The van der Waals surface area contributed by atoms with Crippen LogP contribution >= 0.6 is 0 Å². The van der Waals surface area contributed by atoms with Gasteiger partial charge in [0.15, 0.2) is 0 Å². The predicted molar refractivity (Wildman–Crippen MR) is 80.5 cm³/mol. The molecule has 0 aliphatic heterocycles. The third kappa shape index (κ3) is 3.59. The average molecular weight is 246 g/mol. The van der Waals surface area contributed by atoms with Crippen LogP contribution in [0.25, 0.3) is 0 Å².